The predicted octanol–water partition coefficient (Wildman–Crippen LogP) is 3.55. The van der Waals surface area contributed by atoms with E-state index in [2.05, 4.69) is 37.9 Å². The van der Waals surface area contributed by atoms with E-state index in [0.29, 0.717) is 17.1 Å². The van der Waals surface area contributed by atoms with Crippen molar-refractivity contribution in [3.05, 3.63) is 47.3 Å². The molecule has 1 aliphatic heterocycles. The van der Waals surface area contributed by atoms with Crippen LogP contribution < -0.4 is 19.7 Å². The molecule has 0 saturated carbocycles. The summed E-state index contributed by atoms with van der Waals surface area (Å²) >= 11 is 1.69. The van der Waals surface area contributed by atoms with Crippen LogP contribution in [0.15, 0.2) is 41.8 Å². The van der Waals surface area contributed by atoms with Gasteiger partial charge in [-0.25, -0.2) is 0 Å². The first-order valence-electron chi connectivity index (χ1n) is 9.55. The molecule has 1 amide bonds. The van der Waals surface area contributed by atoms with Gasteiger partial charge in [0.1, 0.15) is 11.5 Å². The number of hydrogen-bond donors (Lipinski definition) is 2. The van der Waals surface area contributed by atoms with Crippen molar-refractivity contribution in [2.24, 2.45) is 0 Å². The van der Waals surface area contributed by atoms with Crippen LogP contribution >= 0.6 is 11.3 Å². The number of aromatic nitrogens is 2. The number of hydrogen-bond acceptors (Lipinski definition) is 6. The van der Waals surface area contributed by atoms with Gasteiger partial charge in [0.2, 0.25) is 0 Å². The van der Waals surface area contributed by atoms with Crippen molar-refractivity contribution < 1.29 is 14.3 Å². The van der Waals surface area contributed by atoms with Gasteiger partial charge in [0.25, 0.3) is 5.91 Å². The molecule has 4 rings (SSSR count). The second-order valence-corrected chi connectivity index (χ2v) is 7.87. The minimum absolute atomic E-state index is 0.122. The van der Waals surface area contributed by atoms with Crippen LogP contribution in [-0.4, -0.2) is 49.5 Å². The molecule has 0 spiro atoms. The average molecular weight is 413 g/mol. The van der Waals surface area contributed by atoms with E-state index in [1.807, 2.05) is 6.07 Å². The van der Waals surface area contributed by atoms with Crippen LogP contribution in [0.25, 0.3) is 10.6 Å². The number of ether oxygens (including phenoxy) is 2. The normalized spacial score (nSPS) is 14.6. The van der Waals surface area contributed by atoms with Crippen LogP contribution in [0.4, 0.5) is 5.82 Å². The third-order valence-electron chi connectivity index (χ3n) is 5.16. The standard InChI is InChI=1S/C21H24N4O3S/c1-27-15-5-6-16(18(12-15)28-2)21(26)22-14-7-9-25(10-8-14)20-13-17(23-24-20)19-4-3-11-29-19/h3-6,11-14H,7-10H2,1-2H3,(H,22,26)(H,23,24). The van der Waals surface area contributed by atoms with Gasteiger partial charge in [-0.3, -0.25) is 9.89 Å². The van der Waals surface area contributed by atoms with Crippen molar-refractivity contribution in [2.45, 2.75) is 18.9 Å². The molecule has 0 atom stereocenters. The highest BCUT2D eigenvalue weighted by atomic mass is 32.1. The summed E-state index contributed by atoms with van der Waals surface area (Å²) < 4.78 is 10.5. The molecule has 2 N–H and O–H groups in total. The Morgan fingerprint density at radius 2 is 2.03 bits per heavy atom. The molecule has 0 radical (unpaired) electrons. The fourth-order valence-corrected chi connectivity index (χ4v) is 4.23. The monoisotopic (exact) mass is 412 g/mol. The summed E-state index contributed by atoms with van der Waals surface area (Å²) in [6, 6.07) is 11.6. The Labute approximate surface area is 173 Å². The molecule has 8 heteroatoms. The highest BCUT2D eigenvalue weighted by molar-refractivity contribution is 7.13. The first-order chi connectivity index (χ1) is 14.2. The van der Waals surface area contributed by atoms with Crippen LogP contribution in [0.2, 0.25) is 0 Å². The van der Waals surface area contributed by atoms with E-state index in [-0.39, 0.29) is 11.9 Å². The summed E-state index contributed by atoms with van der Waals surface area (Å²) in [5, 5.41) is 12.8. The van der Waals surface area contributed by atoms with E-state index >= 15 is 0 Å². The SMILES string of the molecule is COc1ccc(C(=O)NC2CCN(c3cc(-c4cccs4)[nH]n3)CC2)c(OC)c1. The number of methoxy groups -OCH3 is 2. The minimum atomic E-state index is -0.122. The van der Waals surface area contributed by atoms with Crippen LogP contribution in [0.3, 0.4) is 0 Å². The molecule has 7 nitrogen and oxygen atoms in total. The fourth-order valence-electron chi connectivity index (χ4n) is 3.53. The number of carbonyl (C=O) groups excluding carboxylic acids is 1. The van der Waals surface area contributed by atoms with Gasteiger partial charge in [0.15, 0.2) is 5.82 Å². The Bertz CT molecular complexity index is 962. The number of anilines is 1. The van der Waals surface area contributed by atoms with Crippen molar-refractivity contribution >= 4 is 23.1 Å². The zero-order valence-corrected chi connectivity index (χ0v) is 17.3. The van der Waals surface area contributed by atoms with Crippen molar-refractivity contribution in [1.82, 2.24) is 15.5 Å². The lowest BCUT2D eigenvalue weighted by Crippen LogP contribution is -2.44. The molecular formula is C21H24N4O3S. The highest BCUT2D eigenvalue weighted by Gasteiger charge is 2.24. The summed E-state index contributed by atoms with van der Waals surface area (Å²) in [5.74, 6) is 2.00. The molecule has 0 unspecified atom stereocenters. The largest absolute Gasteiger partial charge is 0.497 e. The number of nitrogens with one attached hydrogen (secondary N) is 2. The number of piperidine rings is 1. The Kier molecular flexibility index (Phi) is 5.71. The molecule has 3 heterocycles. The number of carbonyl (C=O) groups is 1. The fraction of sp³-hybridized carbons (Fsp3) is 0.333. The van der Waals surface area contributed by atoms with Gasteiger partial charge in [-0.2, -0.15) is 5.10 Å². The minimum Gasteiger partial charge on any atom is -0.497 e. The zero-order chi connectivity index (χ0) is 20.2. The molecule has 1 aliphatic rings. The average Bonchev–Trinajstić information content (AvgIpc) is 3.45. The number of thiophene rings is 1. The molecule has 0 aliphatic carbocycles. The number of rotatable bonds is 6. The number of nitrogens with zero attached hydrogens (tertiary/aromatic N) is 2. The van der Waals surface area contributed by atoms with Crippen molar-refractivity contribution in [1.29, 1.82) is 0 Å². The first-order valence-corrected chi connectivity index (χ1v) is 10.4. The van der Waals surface area contributed by atoms with E-state index in [0.717, 1.165) is 37.4 Å². The number of benzene rings is 1. The van der Waals surface area contributed by atoms with E-state index in [1.54, 1.807) is 43.8 Å². The summed E-state index contributed by atoms with van der Waals surface area (Å²) in [6.07, 6.45) is 1.73. The maximum Gasteiger partial charge on any atom is 0.255 e. The molecular weight excluding hydrogens is 388 g/mol. The summed E-state index contributed by atoms with van der Waals surface area (Å²) in [5.41, 5.74) is 1.56. The second-order valence-electron chi connectivity index (χ2n) is 6.92. The number of amides is 1. The molecule has 2 aromatic heterocycles. The van der Waals surface area contributed by atoms with Gasteiger partial charge in [0, 0.05) is 31.3 Å². The van der Waals surface area contributed by atoms with Crippen LogP contribution in [0.1, 0.15) is 23.2 Å². The lowest BCUT2D eigenvalue weighted by Gasteiger charge is -2.32. The Morgan fingerprint density at radius 1 is 1.21 bits per heavy atom. The summed E-state index contributed by atoms with van der Waals surface area (Å²) in [7, 11) is 3.14. The molecule has 152 valence electrons. The summed E-state index contributed by atoms with van der Waals surface area (Å²) in [6.45, 7) is 1.69. The van der Waals surface area contributed by atoms with Crippen LogP contribution in [-0.2, 0) is 0 Å². The smallest absolute Gasteiger partial charge is 0.255 e. The number of H-pyrrole nitrogens is 1. The molecule has 0 bridgehead atoms. The van der Waals surface area contributed by atoms with Gasteiger partial charge in [0.05, 0.1) is 30.4 Å². The van der Waals surface area contributed by atoms with Crippen molar-refractivity contribution in [3.63, 3.8) is 0 Å². The third-order valence-corrected chi connectivity index (χ3v) is 6.06. The van der Waals surface area contributed by atoms with E-state index in [9.17, 15) is 4.79 Å². The highest BCUT2D eigenvalue weighted by Crippen LogP contribution is 2.28. The van der Waals surface area contributed by atoms with E-state index in [4.69, 9.17) is 9.47 Å². The van der Waals surface area contributed by atoms with E-state index in [1.165, 1.54) is 4.88 Å². The molecule has 3 aromatic rings. The molecule has 1 saturated heterocycles. The Morgan fingerprint density at radius 3 is 2.72 bits per heavy atom. The quantitative estimate of drug-likeness (QED) is 0.647. The van der Waals surface area contributed by atoms with Gasteiger partial charge in [-0.15, -0.1) is 11.3 Å². The topological polar surface area (TPSA) is 79.5 Å². The number of aromatic amines is 1. The molecule has 29 heavy (non-hydrogen) atoms. The molecule has 1 aromatic carbocycles. The van der Waals surface area contributed by atoms with Crippen molar-refractivity contribution in [3.8, 4) is 22.1 Å². The predicted molar refractivity (Wildman–Crippen MR) is 114 cm³/mol. The first kappa shape index (κ1) is 19.3. The van der Waals surface area contributed by atoms with Crippen LogP contribution in [0, 0.1) is 0 Å². The van der Waals surface area contributed by atoms with Gasteiger partial charge < -0.3 is 19.7 Å². The molecule has 1 fully saturated rings. The maximum absolute atomic E-state index is 12.7. The zero-order valence-electron chi connectivity index (χ0n) is 16.5. The lowest BCUT2D eigenvalue weighted by atomic mass is 10.0. The van der Waals surface area contributed by atoms with Crippen molar-refractivity contribution in [2.75, 3.05) is 32.2 Å². The third kappa shape index (κ3) is 4.22. The second kappa shape index (κ2) is 8.57. The lowest BCUT2D eigenvalue weighted by molar-refractivity contribution is 0.0928. The van der Waals surface area contributed by atoms with Gasteiger partial charge in [-0.05, 0) is 36.4 Å². The Hall–Kier alpha value is -3.00. The summed E-state index contributed by atoms with van der Waals surface area (Å²) in [4.78, 5) is 16.2. The van der Waals surface area contributed by atoms with Gasteiger partial charge in [-0.1, -0.05) is 6.07 Å². The maximum atomic E-state index is 12.7. The Balaban J connectivity index is 1.35. The van der Waals surface area contributed by atoms with Crippen LogP contribution in [0.5, 0.6) is 11.5 Å². The van der Waals surface area contributed by atoms with Gasteiger partial charge >= 0.3 is 0 Å². The van der Waals surface area contributed by atoms with E-state index < -0.39 is 0 Å².